The monoisotopic (exact) mass is 281 g/mol. The Morgan fingerprint density at radius 1 is 1.10 bits per heavy atom. The first-order chi connectivity index (χ1) is 9.71. The van der Waals surface area contributed by atoms with Gasteiger partial charge in [-0.25, -0.2) is 0 Å². The molecule has 1 saturated carbocycles. The van der Waals surface area contributed by atoms with Gasteiger partial charge in [0.15, 0.2) is 0 Å². The summed E-state index contributed by atoms with van der Waals surface area (Å²) in [5.41, 5.74) is 5.22. The predicted octanol–water partition coefficient (Wildman–Crippen LogP) is 1.04. The lowest BCUT2D eigenvalue weighted by molar-refractivity contribution is -0.00217. The molecule has 2 saturated heterocycles. The van der Waals surface area contributed by atoms with Crippen molar-refractivity contribution in [1.82, 2.24) is 9.80 Å². The summed E-state index contributed by atoms with van der Waals surface area (Å²) in [7, 11) is 0. The minimum absolute atomic E-state index is 0.428. The summed E-state index contributed by atoms with van der Waals surface area (Å²) in [5, 5.41) is 10.5. The Balaban J connectivity index is 1.47. The van der Waals surface area contributed by atoms with Gasteiger partial charge in [-0.3, -0.25) is 4.90 Å². The average Bonchev–Trinajstić information content (AvgIpc) is 2.87. The largest absolute Gasteiger partial charge is 0.388 e. The molecule has 2 heterocycles. The van der Waals surface area contributed by atoms with Gasteiger partial charge in [0.2, 0.25) is 0 Å². The van der Waals surface area contributed by atoms with Crippen LogP contribution in [0.15, 0.2) is 0 Å². The summed E-state index contributed by atoms with van der Waals surface area (Å²) >= 11 is 0. The number of piperazine rings is 1. The van der Waals surface area contributed by atoms with Crippen LogP contribution in [0, 0.1) is 5.92 Å². The molecule has 3 aliphatic rings. The first kappa shape index (κ1) is 14.8. The van der Waals surface area contributed by atoms with E-state index in [1.54, 1.807) is 0 Å². The Bertz CT molecular complexity index is 325. The molecule has 0 spiro atoms. The van der Waals surface area contributed by atoms with Crippen molar-refractivity contribution in [2.75, 3.05) is 39.3 Å². The number of piperidine rings is 1. The summed E-state index contributed by atoms with van der Waals surface area (Å²) in [6.07, 6.45) is 8.52. The third-order valence-corrected chi connectivity index (χ3v) is 5.99. The van der Waals surface area contributed by atoms with E-state index in [4.69, 9.17) is 5.73 Å². The molecular weight excluding hydrogens is 250 g/mol. The molecule has 3 fully saturated rings. The molecule has 4 nitrogen and oxygen atoms in total. The van der Waals surface area contributed by atoms with Crippen LogP contribution in [-0.2, 0) is 0 Å². The van der Waals surface area contributed by atoms with Crippen molar-refractivity contribution in [2.45, 2.75) is 56.6 Å². The second-order valence-electron chi connectivity index (χ2n) is 7.17. The molecule has 0 aromatic heterocycles. The number of nitrogens with zero attached hydrogens (tertiary/aromatic N) is 2. The standard InChI is InChI=1S/C16H31N3O/c17-13-16(20)7-3-4-14(16)6-9-18-10-11-19-8-2-1-5-15(19)12-18/h14-15,20H,1-13,17H2. The number of nitrogens with two attached hydrogens (primary N) is 1. The summed E-state index contributed by atoms with van der Waals surface area (Å²) < 4.78 is 0. The number of aliphatic hydroxyl groups is 1. The second kappa shape index (κ2) is 6.30. The molecule has 0 aromatic rings. The lowest BCUT2D eigenvalue weighted by Crippen LogP contribution is -2.55. The van der Waals surface area contributed by atoms with Gasteiger partial charge in [-0.05, 0) is 51.1 Å². The van der Waals surface area contributed by atoms with Gasteiger partial charge in [0.05, 0.1) is 5.60 Å². The Morgan fingerprint density at radius 2 is 2.00 bits per heavy atom. The van der Waals surface area contributed by atoms with E-state index in [1.165, 1.54) is 45.4 Å². The number of rotatable bonds is 4. The maximum absolute atomic E-state index is 10.5. The zero-order chi connectivity index (χ0) is 14.0. The Labute approximate surface area is 123 Å². The number of hydrogen-bond donors (Lipinski definition) is 2. The van der Waals surface area contributed by atoms with Gasteiger partial charge in [0, 0.05) is 32.2 Å². The van der Waals surface area contributed by atoms with E-state index in [9.17, 15) is 5.11 Å². The van der Waals surface area contributed by atoms with E-state index in [0.717, 1.165) is 38.3 Å². The van der Waals surface area contributed by atoms with E-state index in [1.807, 2.05) is 0 Å². The smallest absolute Gasteiger partial charge is 0.0797 e. The molecule has 0 bridgehead atoms. The molecule has 2 aliphatic heterocycles. The van der Waals surface area contributed by atoms with Crippen molar-refractivity contribution >= 4 is 0 Å². The van der Waals surface area contributed by atoms with Gasteiger partial charge in [-0.15, -0.1) is 0 Å². The fraction of sp³-hybridized carbons (Fsp3) is 1.00. The zero-order valence-corrected chi connectivity index (χ0v) is 12.8. The minimum atomic E-state index is -0.563. The highest BCUT2D eigenvalue weighted by molar-refractivity contribution is 4.94. The summed E-state index contributed by atoms with van der Waals surface area (Å²) in [5.74, 6) is 0.428. The van der Waals surface area contributed by atoms with Gasteiger partial charge >= 0.3 is 0 Å². The van der Waals surface area contributed by atoms with E-state index >= 15 is 0 Å². The van der Waals surface area contributed by atoms with Crippen LogP contribution >= 0.6 is 0 Å². The Kier molecular flexibility index (Phi) is 4.65. The number of hydrogen-bond acceptors (Lipinski definition) is 4. The lowest BCUT2D eigenvalue weighted by Gasteiger charge is -2.44. The van der Waals surface area contributed by atoms with Gasteiger partial charge in [-0.2, -0.15) is 0 Å². The summed E-state index contributed by atoms with van der Waals surface area (Å²) in [6, 6.07) is 0.800. The van der Waals surface area contributed by atoms with Crippen LogP contribution < -0.4 is 5.73 Å². The molecule has 0 amide bonds. The molecule has 1 aliphatic carbocycles. The van der Waals surface area contributed by atoms with Crippen LogP contribution in [0.5, 0.6) is 0 Å². The Morgan fingerprint density at radius 3 is 2.85 bits per heavy atom. The molecule has 4 heteroatoms. The van der Waals surface area contributed by atoms with E-state index in [0.29, 0.717) is 12.5 Å². The predicted molar refractivity (Wildman–Crippen MR) is 81.6 cm³/mol. The van der Waals surface area contributed by atoms with E-state index in [-0.39, 0.29) is 0 Å². The molecule has 0 radical (unpaired) electrons. The lowest BCUT2D eigenvalue weighted by atomic mass is 9.88. The third-order valence-electron chi connectivity index (χ3n) is 5.99. The maximum atomic E-state index is 10.5. The molecule has 20 heavy (non-hydrogen) atoms. The van der Waals surface area contributed by atoms with Gasteiger partial charge in [0.1, 0.15) is 0 Å². The minimum Gasteiger partial charge on any atom is -0.388 e. The van der Waals surface area contributed by atoms with Crippen LogP contribution in [0.2, 0.25) is 0 Å². The van der Waals surface area contributed by atoms with Crippen molar-refractivity contribution in [3.63, 3.8) is 0 Å². The van der Waals surface area contributed by atoms with Crippen molar-refractivity contribution in [3.05, 3.63) is 0 Å². The van der Waals surface area contributed by atoms with Crippen molar-refractivity contribution in [2.24, 2.45) is 11.7 Å². The molecule has 3 unspecified atom stereocenters. The van der Waals surface area contributed by atoms with Crippen molar-refractivity contribution < 1.29 is 5.11 Å². The highest BCUT2D eigenvalue weighted by Crippen LogP contribution is 2.37. The molecule has 3 N–H and O–H groups in total. The third kappa shape index (κ3) is 3.03. The van der Waals surface area contributed by atoms with E-state index < -0.39 is 5.60 Å². The van der Waals surface area contributed by atoms with Gasteiger partial charge < -0.3 is 15.7 Å². The van der Waals surface area contributed by atoms with Gasteiger partial charge in [-0.1, -0.05) is 12.8 Å². The average molecular weight is 281 g/mol. The highest BCUT2D eigenvalue weighted by atomic mass is 16.3. The van der Waals surface area contributed by atoms with Crippen LogP contribution in [-0.4, -0.2) is 65.8 Å². The molecule has 116 valence electrons. The SMILES string of the molecule is NCC1(O)CCCC1CCN1CCN2CCCCC2C1. The van der Waals surface area contributed by atoms with Crippen LogP contribution in [0.4, 0.5) is 0 Å². The van der Waals surface area contributed by atoms with Crippen LogP contribution in [0.1, 0.15) is 44.9 Å². The first-order valence-electron chi connectivity index (χ1n) is 8.60. The summed E-state index contributed by atoms with van der Waals surface area (Å²) in [4.78, 5) is 5.31. The quantitative estimate of drug-likeness (QED) is 0.808. The summed E-state index contributed by atoms with van der Waals surface area (Å²) in [6.45, 7) is 6.61. The number of fused-ring (bicyclic) bond motifs is 1. The van der Waals surface area contributed by atoms with Crippen LogP contribution in [0.3, 0.4) is 0 Å². The zero-order valence-electron chi connectivity index (χ0n) is 12.8. The normalized spacial score (nSPS) is 39.9. The second-order valence-corrected chi connectivity index (χ2v) is 7.17. The van der Waals surface area contributed by atoms with Crippen molar-refractivity contribution in [1.29, 1.82) is 0 Å². The molecule has 3 rings (SSSR count). The van der Waals surface area contributed by atoms with Gasteiger partial charge in [0.25, 0.3) is 0 Å². The molecular formula is C16H31N3O. The van der Waals surface area contributed by atoms with Crippen molar-refractivity contribution in [3.8, 4) is 0 Å². The highest BCUT2D eigenvalue weighted by Gasteiger charge is 2.40. The van der Waals surface area contributed by atoms with Crippen LogP contribution in [0.25, 0.3) is 0 Å². The fourth-order valence-electron chi connectivity index (χ4n) is 4.57. The fourth-order valence-corrected chi connectivity index (χ4v) is 4.57. The van der Waals surface area contributed by atoms with E-state index in [2.05, 4.69) is 9.80 Å². The molecule has 3 atom stereocenters. The maximum Gasteiger partial charge on any atom is 0.0797 e. The first-order valence-corrected chi connectivity index (χ1v) is 8.60. The molecule has 0 aromatic carbocycles. The Hall–Kier alpha value is -0.160. The topological polar surface area (TPSA) is 52.7 Å².